The minimum atomic E-state index is -3.32. The summed E-state index contributed by atoms with van der Waals surface area (Å²) in [5.74, 6) is 0. The quantitative estimate of drug-likeness (QED) is 0.470. The second-order valence-corrected chi connectivity index (χ2v) is 2.76. The molecule has 0 radical (unpaired) electrons. The molecule has 0 aromatic heterocycles. The average molecular weight is 201 g/mol. The molecule has 7 nitrogen and oxygen atoms in total. The number of hydrogen-bond donors (Lipinski definition) is 2. The summed E-state index contributed by atoms with van der Waals surface area (Å²) in [6.45, 7) is 0. The first kappa shape index (κ1) is 10.8. The number of nitrogens with zero attached hydrogens (tertiary/aromatic N) is 1. The van der Waals surface area contributed by atoms with Crippen LogP contribution in [0.4, 0.5) is 0 Å². The monoisotopic (exact) mass is 201 g/mol. The molecule has 2 unspecified atom stereocenters. The number of rotatable bonds is 4. The molecule has 0 spiro atoms. The van der Waals surface area contributed by atoms with E-state index in [1.165, 1.54) is 6.07 Å². The van der Waals surface area contributed by atoms with Gasteiger partial charge in [0.2, 0.25) is 0 Å². The Morgan fingerprint density at radius 3 is 1.82 bits per heavy atom. The van der Waals surface area contributed by atoms with Crippen LogP contribution in [-0.4, -0.2) is 16.1 Å². The molecule has 9 heteroatoms. The van der Waals surface area contributed by atoms with Gasteiger partial charge in [0.15, 0.2) is 0 Å². The zero-order valence-electron chi connectivity index (χ0n) is 5.05. The van der Waals surface area contributed by atoms with E-state index < -0.39 is 22.8 Å². The Morgan fingerprint density at radius 1 is 1.27 bits per heavy atom. The van der Waals surface area contributed by atoms with Crippen molar-refractivity contribution < 1.29 is 28.0 Å². The maximum Gasteiger partial charge on any atom is 0.319 e. The topological polar surface area (TPSA) is 117 Å². The van der Waals surface area contributed by atoms with Gasteiger partial charge in [-0.2, -0.15) is 5.26 Å². The third-order valence-electron chi connectivity index (χ3n) is 0.521. The lowest BCUT2D eigenvalue weighted by molar-refractivity contribution is 0.0486. The molecule has 0 aromatic carbocycles. The summed E-state index contributed by atoms with van der Waals surface area (Å²) in [5.41, 5.74) is 0. The first-order valence-electron chi connectivity index (χ1n) is 2.25. The maximum atomic E-state index is 9.91. The fraction of sp³-hybridized carbons (Fsp3) is 0.500. The molecule has 0 aromatic rings. The van der Waals surface area contributed by atoms with Crippen LogP contribution in [0.15, 0.2) is 0 Å². The molecule has 2 N–H and O–H groups in total. The van der Waals surface area contributed by atoms with Crippen molar-refractivity contribution in [3.8, 4) is 6.07 Å². The summed E-state index contributed by atoms with van der Waals surface area (Å²) < 4.78 is 27.6. The second kappa shape index (κ2) is 5.44. The van der Waals surface area contributed by atoms with Crippen molar-refractivity contribution in [1.29, 1.82) is 5.26 Å². The van der Waals surface area contributed by atoms with Crippen LogP contribution < -0.4 is 0 Å². The maximum absolute atomic E-state index is 9.91. The van der Waals surface area contributed by atoms with Crippen molar-refractivity contribution in [3.05, 3.63) is 0 Å². The summed E-state index contributed by atoms with van der Waals surface area (Å²) in [6, 6.07) is 1.25. The SMILES string of the molecule is N#CC(O[PH](=O)O)O[PH](=O)O. The molecule has 0 aliphatic rings. The zero-order chi connectivity index (χ0) is 8.85. The van der Waals surface area contributed by atoms with E-state index in [0.29, 0.717) is 0 Å². The molecule has 0 saturated carbocycles. The smallest absolute Gasteiger partial charge is 0.319 e. The lowest BCUT2D eigenvalue weighted by Gasteiger charge is -2.04. The van der Waals surface area contributed by atoms with E-state index in [4.69, 9.17) is 15.0 Å². The lowest BCUT2D eigenvalue weighted by atomic mass is 10.8. The Balaban J connectivity index is 3.89. The molecule has 0 fully saturated rings. The van der Waals surface area contributed by atoms with Crippen molar-refractivity contribution in [2.24, 2.45) is 0 Å². The van der Waals surface area contributed by atoms with E-state index in [-0.39, 0.29) is 0 Å². The molecule has 0 aliphatic heterocycles. The van der Waals surface area contributed by atoms with Crippen LogP contribution >= 0.6 is 16.5 Å². The first-order valence-corrected chi connectivity index (χ1v) is 4.77. The van der Waals surface area contributed by atoms with Gasteiger partial charge in [-0.05, 0) is 0 Å². The van der Waals surface area contributed by atoms with Gasteiger partial charge in [0.25, 0.3) is 6.29 Å². The van der Waals surface area contributed by atoms with E-state index >= 15 is 0 Å². The van der Waals surface area contributed by atoms with Gasteiger partial charge in [-0.3, -0.25) is 18.2 Å². The van der Waals surface area contributed by atoms with E-state index in [2.05, 4.69) is 9.05 Å². The van der Waals surface area contributed by atoms with Crippen molar-refractivity contribution in [3.63, 3.8) is 0 Å². The fourth-order valence-electron chi connectivity index (χ4n) is 0.260. The Labute approximate surface area is 63.1 Å². The van der Waals surface area contributed by atoms with Gasteiger partial charge >= 0.3 is 16.5 Å². The van der Waals surface area contributed by atoms with Crippen LogP contribution in [-0.2, 0) is 18.2 Å². The molecule has 2 atom stereocenters. The minimum absolute atomic E-state index is 1.25. The molecule has 0 rings (SSSR count). The average Bonchev–Trinajstić information content (AvgIpc) is 1.84. The van der Waals surface area contributed by atoms with Crippen molar-refractivity contribution in [1.82, 2.24) is 0 Å². The summed E-state index contributed by atoms with van der Waals surface area (Å²) in [6.07, 6.45) is -1.76. The van der Waals surface area contributed by atoms with Gasteiger partial charge in [-0.25, -0.2) is 0 Å². The van der Waals surface area contributed by atoms with Crippen LogP contribution in [0.2, 0.25) is 0 Å². The van der Waals surface area contributed by atoms with Crippen molar-refractivity contribution in [2.45, 2.75) is 6.29 Å². The third-order valence-corrected chi connectivity index (χ3v) is 1.35. The highest BCUT2D eigenvalue weighted by molar-refractivity contribution is 7.32. The van der Waals surface area contributed by atoms with Gasteiger partial charge in [0.05, 0.1) is 0 Å². The standard InChI is InChI=1S/C2H5NO6P2/c3-1-2(8-10(4)5)9-11(6)7/h2,10-11H,(H,4,5)(H,6,7). The molecule has 0 heterocycles. The highest BCUT2D eigenvalue weighted by Crippen LogP contribution is 2.25. The summed E-state index contributed by atoms with van der Waals surface area (Å²) in [5, 5.41) is 8.06. The van der Waals surface area contributed by atoms with Crippen molar-refractivity contribution >= 4 is 16.5 Å². The second-order valence-electron chi connectivity index (χ2n) is 1.23. The summed E-state index contributed by atoms with van der Waals surface area (Å²) in [4.78, 5) is 16.2. The summed E-state index contributed by atoms with van der Waals surface area (Å²) in [7, 11) is -6.64. The molecular formula is C2H5NO6P2. The minimum Gasteiger partial charge on any atom is -0.326 e. The molecule has 0 saturated heterocycles. The zero-order valence-corrected chi connectivity index (χ0v) is 7.05. The van der Waals surface area contributed by atoms with E-state index in [9.17, 15) is 9.13 Å². The van der Waals surface area contributed by atoms with Gasteiger partial charge < -0.3 is 9.79 Å². The molecule has 11 heavy (non-hydrogen) atoms. The Morgan fingerprint density at radius 2 is 1.64 bits per heavy atom. The predicted octanol–water partition coefficient (Wildman–Crippen LogP) is -0.367. The number of nitriles is 1. The highest BCUT2D eigenvalue weighted by atomic mass is 31.1. The van der Waals surface area contributed by atoms with Gasteiger partial charge in [0, 0.05) is 0 Å². The molecule has 0 amide bonds. The Hall–Kier alpha value is -0.210. The Bertz CT molecular complexity index is 193. The lowest BCUT2D eigenvalue weighted by Crippen LogP contribution is -2.06. The van der Waals surface area contributed by atoms with Crippen LogP contribution in [0.25, 0.3) is 0 Å². The predicted molar refractivity (Wildman–Crippen MR) is 34.0 cm³/mol. The molecule has 64 valence electrons. The van der Waals surface area contributed by atoms with E-state index in [0.717, 1.165) is 0 Å². The van der Waals surface area contributed by atoms with Crippen LogP contribution in [0.3, 0.4) is 0 Å². The van der Waals surface area contributed by atoms with E-state index in [1.54, 1.807) is 0 Å². The molecule has 0 aliphatic carbocycles. The van der Waals surface area contributed by atoms with Crippen LogP contribution in [0.1, 0.15) is 0 Å². The Kier molecular flexibility index (Phi) is 5.34. The largest absolute Gasteiger partial charge is 0.326 e. The van der Waals surface area contributed by atoms with E-state index in [1.807, 2.05) is 0 Å². The normalized spacial score (nSPS) is 18.3. The van der Waals surface area contributed by atoms with Gasteiger partial charge in [0.1, 0.15) is 6.07 Å². The molecule has 0 bridgehead atoms. The van der Waals surface area contributed by atoms with Crippen LogP contribution in [0, 0.1) is 11.3 Å². The van der Waals surface area contributed by atoms with Gasteiger partial charge in [-0.15, -0.1) is 0 Å². The summed E-state index contributed by atoms with van der Waals surface area (Å²) >= 11 is 0. The van der Waals surface area contributed by atoms with Crippen molar-refractivity contribution in [2.75, 3.05) is 0 Å². The fourth-order valence-corrected chi connectivity index (χ4v) is 0.924. The first-order chi connectivity index (χ1) is 5.06. The molecular weight excluding hydrogens is 196 g/mol. The number of hydrogen-bond acceptors (Lipinski definition) is 5. The van der Waals surface area contributed by atoms with Gasteiger partial charge in [-0.1, -0.05) is 0 Å². The third kappa shape index (κ3) is 6.20. The van der Waals surface area contributed by atoms with Crippen LogP contribution in [0.5, 0.6) is 0 Å². The highest BCUT2D eigenvalue weighted by Gasteiger charge is 2.12.